The molecule has 0 bridgehead atoms. The number of methoxy groups -OCH3 is 2. The lowest BCUT2D eigenvalue weighted by Crippen LogP contribution is -2.38. The Labute approximate surface area is 168 Å². The van der Waals surface area contributed by atoms with E-state index in [-0.39, 0.29) is 18.1 Å². The molecular weight excluding hydrogens is 372 g/mol. The summed E-state index contributed by atoms with van der Waals surface area (Å²) < 4.78 is 12.3. The molecule has 8 nitrogen and oxygen atoms in total. The van der Waals surface area contributed by atoms with Crippen molar-refractivity contribution in [1.82, 2.24) is 19.9 Å². The van der Waals surface area contributed by atoms with Crippen LogP contribution in [-0.4, -0.2) is 52.0 Å². The number of aliphatic hydroxyl groups excluding tert-OH is 1. The number of fused-ring (bicyclic) bond motifs is 1. The van der Waals surface area contributed by atoms with E-state index in [0.717, 1.165) is 24.1 Å². The van der Waals surface area contributed by atoms with E-state index in [0.29, 0.717) is 35.7 Å². The Kier molecular flexibility index (Phi) is 5.35. The van der Waals surface area contributed by atoms with Crippen molar-refractivity contribution in [3.63, 3.8) is 0 Å². The first kappa shape index (κ1) is 19.2. The van der Waals surface area contributed by atoms with Crippen molar-refractivity contribution < 1.29 is 19.4 Å². The predicted octanol–water partition coefficient (Wildman–Crippen LogP) is 2.45. The van der Waals surface area contributed by atoms with Gasteiger partial charge in [0, 0.05) is 23.9 Å². The average molecular weight is 396 g/mol. The summed E-state index contributed by atoms with van der Waals surface area (Å²) in [6.07, 6.45) is 4.40. The fourth-order valence-electron chi connectivity index (χ4n) is 3.70. The summed E-state index contributed by atoms with van der Waals surface area (Å²) in [4.78, 5) is 17.0. The molecule has 1 fully saturated rings. The Balaban J connectivity index is 1.63. The van der Waals surface area contributed by atoms with E-state index in [2.05, 4.69) is 15.4 Å². The van der Waals surface area contributed by atoms with E-state index in [1.165, 1.54) is 0 Å². The van der Waals surface area contributed by atoms with Crippen LogP contribution in [-0.2, 0) is 0 Å². The molecule has 152 valence electrons. The fourth-order valence-corrected chi connectivity index (χ4v) is 3.70. The molecule has 0 aliphatic heterocycles. The molecule has 0 radical (unpaired) electrons. The Hall–Kier alpha value is -3.13. The van der Waals surface area contributed by atoms with Crippen molar-refractivity contribution in [3.05, 3.63) is 42.2 Å². The molecule has 2 aromatic heterocycles. The topological polar surface area (TPSA) is 98.0 Å². The first-order valence-electron chi connectivity index (χ1n) is 9.65. The van der Waals surface area contributed by atoms with Crippen LogP contribution in [0.5, 0.6) is 11.5 Å². The van der Waals surface area contributed by atoms with Crippen molar-refractivity contribution in [2.75, 3.05) is 14.2 Å². The standard InChI is InChI=1S/C21H24N4O4/c1-28-18-8-3-13(11-19(18)29-2)17-9-10-22-20-12-16(24-25(17)20)21(27)23-14-4-6-15(26)7-5-14/h3,8-12,14-15,26H,4-7H2,1-2H3,(H,23,27). The number of aromatic nitrogens is 3. The number of amides is 1. The third-order valence-corrected chi connectivity index (χ3v) is 5.30. The second-order valence-corrected chi connectivity index (χ2v) is 7.18. The van der Waals surface area contributed by atoms with Crippen molar-refractivity contribution in [3.8, 4) is 22.8 Å². The number of rotatable bonds is 5. The molecule has 0 saturated heterocycles. The van der Waals surface area contributed by atoms with Gasteiger partial charge in [0.15, 0.2) is 22.8 Å². The minimum Gasteiger partial charge on any atom is -0.493 e. The van der Waals surface area contributed by atoms with Crippen LogP contribution >= 0.6 is 0 Å². The Morgan fingerprint density at radius 1 is 1.10 bits per heavy atom. The lowest BCUT2D eigenvalue weighted by Gasteiger charge is -2.25. The maximum Gasteiger partial charge on any atom is 0.272 e. The molecule has 0 spiro atoms. The number of carbonyl (C=O) groups is 1. The fraction of sp³-hybridized carbons (Fsp3) is 0.381. The number of nitrogens with zero attached hydrogens (tertiary/aromatic N) is 3. The Morgan fingerprint density at radius 2 is 1.86 bits per heavy atom. The van der Waals surface area contributed by atoms with Gasteiger partial charge in [-0.1, -0.05) is 0 Å². The molecule has 2 N–H and O–H groups in total. The molecule has 3 aromatic rings. The van der Waals surface area contributed by atoms with Crippen LogP contribution in [0.1, 0.15) is 36.2 Å². The van der Waals surface area contributed by atoms with Gasteiger partial charge in [-0.15, -0.1) is 0 Å². The van der Waals surface area contributed by atoms with Crippen LogP contribution in [0.2, 0.25) is 0 Å². The average Bonchev–Trinajstić information content (AvgIpc) is 3.19. The molecule has 1 saturated carbocycles. The smallest absolute Gasteiger partial charge is 0.272 e. The molecule has 2 heterocycles. The monoisotopic (exact) mass is 396 g/mol. The zero-order chi connectivity index (χ0) is 20.4. The highest BCUT2D eigenvalue weighted by molar-refractivity contribution is 5.93. The molecule has 1 aliphatic rings. The molecule has 1 amide bonds. The number of aliphatic hydroxyl groups is 1. The number of hydrogen-bond donors (Lipinski definition) is 2. The molecule has 8 heteroatoms. The highest BCUT2D eigenvalue weighted by Gasteiger charge is 2.23. The summed E-state index contributed by atoms with van der Waals surface area (Å²) >= 11 is 0. The van der Waals surface area contributed by atoms with Gasteiger partial charge in [-0.05, 0) is 49.9 Å². The van der Waals surface area contributed by atoms with Gasteiger partial charge in [0.25, 0.3) is 5.91 Å². The zero-order valence-corrected chi connectivity index (χ0v) is 16.5. The normalized spacial score (nSPS) is 19.1. The number of ether oxygens (including phenoxy) is 2. The first-order chi connectivity index (χ1) is 14.1. The molecule has 0 unspecified atom stereocenters. The third-order valence-electron chi connectivity index (χ3n) is 5.30. The van der Waals surface area contributed by atoms with Gasteiger partial charge in [-0.25, -0.2) is 9.50 Å². The number of benzene rings is 1. The summed E-state index contributed by atoms with van der Waals surface area (Å²) in [5.74, 6) is 1.02. The van der Waals surface area contributed by atoms with Gasteiger partial charge < -0.3 is 19.9 Å². The number of nitrogens with one attached hydrogen (secondary N) is 1. The first-order valence-corrected chi connectivity index (χ1v) is 9.65. The van der Waals surface area contributed by atoms with Crippen molar-refractivity contribution >= 4 is 11.6 Å². The van der Waals surface area contributed by atoms with Crippen LogP contribution in [0.3, 0.4) is 0 Å². The maximum absolute atomic E-state index is 12.7. The predicted molar refractivity (Wildman–Crippen MR) is 107 cm³/mol. The molecule has 29 heavy (non-hydrogen) atoms. The van der Waals surface area contributed by atoms with Crippen LogP contribution in [0.25, 0.3) is 16.9 Å². The van der Waals surface area contributed by atoms with Crippen molar-refractivity contribution in [2.24, 2.45) is 0 Å². The summed E-state index contributed by atoms with van der Waals surface area (Å²) in [5.41, 5.74) is 2.56. The van der Waals surface area contributed by atoms with Crippen LogP contribution in [0.4, 0.5) is 0 Å². The van der Waals surface area contributed by atoms with Gasteiger partial charge in [0.1, 0.15) is 0 Å². The summed E-state index contributed by atoms with van der Waals surface area (Å²) in [5, 5.41) is 17.1. The minimum atomic E-state index is -0.258. The van der Waals surface area contributed by atoms with Crippen LogP contribution < -0.4 is 14.8 Å². The van der Waals surface area contributed by atoms with E-state index in [9.17, 15) is 9.90 Å². The summed E-state index contributed by atoms with van der Waals surface area (Å²) in [6.45, 7) is 0. The lowest BCUT2D eigenvalue weighted by atomic mass is 9.93. The highest BCUT2D eigenvalue weighted by atomic mass is 16.5. The van der Waals surface area contributed by atoms with Crippen molar-refractivity contribution in [1.29, 1.82) is 0 Å². The summed E-state index contributed by atoms with van der Waals surface area (Å²) in [6, 6.07) is 9.18. The minimum absolute atomic E-state index is 0.0639. The van der Waals surface area contributed by atoms with E-state index in [1.54, 1.807) is 31.0 Å². The quantitative estimate of drug-likeness (QED) is 0.687. The van der Waals surface area contributed by atoms with E-state index in [4.69, 9.17) is 9.47 Å². The van der Waals surface area contributed by atoms with Crippen molar-refractivity contribution in [2.45, 2.75) is 37.8 Å². The van der Waals surface area contributed by atoms with Gasteiger partial charge in [0.2, 0.25) is 0 Å². The summed E-state index contributed by atoms with van der Waals surface area (Å²) in [7, 11) is 3.18. The largest absolute Gasteiger partial charge is 0.493 e. The SMILES string of the molecule is COc1ccc(-c2ccnc3cc(C(=O)NC4CCC(O)CC4)nn23)cc1OC. The third kappa shape index (κ3) is 3.88. The Morgan fingerprint density at radius 3 is 2.59 bits per heavy atom. The second-order valence-electron chi connectivity index (χ2n) is 7.18. The Bertz CT molecular complexity index is 1020. The molecule has 1 aromatic carbocycles. The van der Waals surface area contributed by atoms with Gasteiger partial charge in [-0.2, -0.15) is 5.10 Å². The van der Waals surface area contributed by atoms with Crippen LogP contribution in [0.15, 0.2) is 36.5 Å². The lowest BCUT2D eigenvalue weighted by molar-refractivity contribution is 0.0863. The highest BCUT2D eigenvalue weighted by Crippen LogP contribution is 2.32. The number of hydrogen-bond acceptors (Lipinski definition) is 6. The van der Waals surface area contributed by atoms with Crippen LogP contribution in [0, 0.1) is 0 Å². The van der Waals surface area contributed by atoms with Gasteiger partial charge >= 0.3 is 0 Å². The number of carbonyl (C=O) groups excluding carboxylic acids is 1. The van der Waals surface area contributed by atoms with Gasteiger partial charge in [-0.3, -0.25) is 4.79 Å². The zero-order valence-electron chi connectivity index (χ0n) is 16.5. The molecule has 4 rings (SSSR count). The van der Waals surface area contributed by atoms with Gasteiger partial charge in [0.05, 0.1) is 26.0 Å². The molecule has 1 aliphatic carbocycles. The van der Waals surface area contributed by atoms with E-state index >= 15 is 0 Å². The maximum atomic E-state index is 12.7. The second kappa shape index (κ2) is 8.08. The van der Waals surface area contributed by atoms with E-state index < -0.39 is 0 Å². The molecule has 0 atom stereocenters. The molecular formula is C21H24N4O4. The van der Waals surface area contributed by atoms with E-state index in [1.807, 2.05) is 24.3 Å².